The Balaban J connectivity index is 1.88. The zero-order valence-corrected chi connectivity index (χ0v) is 13.3. The Morgan fingerprint density at radius 3 is 2.60 bits per heavy atom. The number of aryl methyl sites for hydroxylation is 1. The van der Waals surface area contributed by atoms with Crippen LogP contribution < -0.4 is 5.32 Å². The van der Waals surface area contributed by atoms with Gasteiger partial charge < -0.3 is 10.2 Å². The van der Waals surface area contributed by atoms with E-state index in [0.29, 0.717) is 5.92 Å². The number of hydrogen-bond donors (Lipinski definition) is 1. The predicted molar refractivity (Wildman–Crippen MR) is 84.2 cm³/mol. The summed E-state index contributed by atoms with van der Waals surface area (Å²) < 4.78 is 0. The Bertz CT molecular complexity index is 422. The number of hydrogen-bond acceptors (Lipinski definition) is 4. The first-order valence-corrected chi connectivity index (χ1v) is 7.90. The topological polar surface area (TPSA) is 41.0 Å². The van der Waals surface area contributed by atoms with E-state index in [-0.39, 0.29) is 0 Å². The lowest BCUT2D eigenvalue weighted by atomic mass is 9.97. The van der Waals surface area contributed by atoms with Gasteiger partial charge in [0.05, 0.1) is 0 Å². The van der Waals surface area contributed by atoms with Crippen LogP contribution in [-0.2, 0) is 0 Å². The number of rotatable bonds is 5. The average Bonchev–Trinajstić information content (AvgIpc) is 2.45. The molecule has 0 saturated carbocycles. The molecule has 0 aliphatic carbocycles. The van der Waals surface area contributed by atoms with Crippen LogP contribution in [0.15, 0.2) is 6.07 Å². The first-order chi connectivity index (χ1) is 9.58. The zero-order valence-electron chi connectivity index (χ0n) is 13.3. The molecular formula is C16H28N4. The monoisotopic (exact) mass is 276 g/mol. The second-order valence-electron chi connectivity index (χ2n) is 6.17. The number of nitrogens with zero attached hydrogens (tertiary/aromatic N) is 3. The van der Waals surface area contributed by atoms with Crippen LogP contribution >= 0.6 is 0 Å². The van der Waals surface area contributed by atoms with Crippen LogP contribution in [0.2, 0.25) is 0 Å². The largest absolute Gasteiger partial charge is 0.370 e. The predicted octanol–water partition coefficient (Wildman–Crippen LogP) is 3.05. The Kier molecular flexibility index (Phi) is 5.35. The molecule has 0 radical (unpaired) electrons. The average molecular weight is 276 g/mol. The summed E-state index contributed by atoms with van der Waals surface area (Å²) in [6, 6.07) is 2.05. The van der Waals surface area contributed by atoms with Crippen LogP contribution in [0.3, 0.4) is 0 Å². The maximum Gasteiger partial charge on any atom is 0.133 e. The van der Waals surface area contributed by atoms with E-state index in [2.05, 4.69) is 41.0 Å². The van der Waals surface area contributed by atoms with E-state index in [1.807, 2.05) is 13.0 Å². The number of nitrogens with one attached hydrogen (secondary N) is 1. The van der Waals surface area contributed by atoms with Crippen molar-refractivity contribution >= 4 is 5.82 Å². The summed E-state index contributed by atoms with van der Waals surface area (Å²) in [5.74, 6) is 3.08. The molecule has 112 valence electrons. The lowest BCUT2D eigenvalue weighted by molar-refractivity contribution is 0.198. The van der Waals surface area contributed by atoms with E-state index >= 15 is 0 Å². The molecule has 0 atom stereocenters. The van der Waals surface area contributed by atoms with Crippen LogP contribution in [-0.4, -0.2) is 41.0 Å². The molecule has 0 bridgehead atoms. The van der Waals surface area contributed by atoms with Crippen molar-refractivity contribution in [2.45, 2.75) is 46.5 Å². The molecule has 0 unspecified atom stereocenters. The molecule has 0 spiro atoms. The van der Waals surface area contributed by atoms with Gasteiger partial charge in [0.15, 0.2) is 0 Å². The molecular weight excluding hydrogens is 248 g/mol. The second-order valence-corrected chi connectivity index (χ2v) is 6.17. The number of anilines is 1. The Labute approximate surface area is 123 Å². The standard InChI is InChI=1S/C16H28N4/c1-5-20-8-6-14(7-9-20)11-17-15-10-13(4)18-16(19-15)12(2)3/h10,12,14H,5-9,11H2,1-4H3,(H,17,18,19). The van der Waals surface area contributed by atoms with Crippen molar-refractivity contribution in [3.05, 3.63) is 17.6 Å². The third-order valence-electron chi connectivity index (χ3n) is 4.11. The summed E-state index contributed by atoms with van der Waals surface area (Å²) in [6.45, 7) is 13.3. The van der Waals surface area contributed by atoms with Crippen LogP contribution in [0.5, 0.6) is 0 Å². The Hall–Kier alpha value is -1.16. The van der Waals surface area contributed by atoms with Crippen molar-refractivity contribution in [1.29, 1.82) is 0 Å². The molecule has 1 aliphatic heterocycles. The van der Waals surface area contributed by atoms with Crippen LogP contribution in [0.25, 0.3) is 0 Å². The maximum absolute atomic E-state index is 4.62. The van der Waals surface area contributed by atoms with Crippen molar-refractivity contribution in [2.24, 2.45) is 5.92 Å². The van der Waals surface area contributed by atoms with Gasteiger partial charge in [0.2, 0.25) is 0 Å². The molecule has 4 heteroatoms. The van der Waals surface area contributed by atoms with Gasteiger partial charge in [0.1, 0.15) is 11.6 Å². The molecule has 2 heterocycles. The SMILES string of the molecule is CCN1CCC(CNc2cc(C)nc(C(C)C)n2)CC1. The van der Waals surface area contributed by atoms with Crippen molar-refractivity contribution in [1.82, 2.24) is 14.9 Å². The number of piperidine rings is 1. The van der Waals surface area contributed by atoms with E-state index in [0.717, 1.165) is 29.8 Å². The quantitative estimate of drug-likeness (QED) is 0.897. The van der Waals surface area contributed by atoms with Gasteiger partial charge in [-0.15, -0.1) is 0 Å². The van der Waals surface area contributed by atoms with Crippen molar-refractivity contribution in [3.8, 4) is 0 Å². The highest BCUT2D eigenvalue weighted by atomic mass is 15.1. The molecule has 1 aliphatic rings. The lowest BCUT2D eigenvalue weighted by Gasteiger charge is -2.31. The highest BCUT2D eigenvalue weighted by Gasteiger charge is 2.18. The summed E-state index contributed by atoms with van der Waals surface area (Å²) in [4.78, 5) is 11.6. The highest BCUT2D eigenvalue weighted by Crippen LogP contribution is 2.18. The van der Waals surface area contributed by atoms with Crippen LogP contribution in [0.1, 0.15) is 51.0 Å². The third kappa shape index (κ3) is 4.17. The second kappa shape index (κ2) is 7.02. The molecule has 1 saturated heterocycles. The molecule has 0 amide bonds. The number of likely N-dealkylation sites (tertiary alicyclic amines) is 1. The molecule has 1 aromatic heterocycles. The first-order valence-electron chi connectivity index (χ1n) is 7.90. The normalized spacial score (nSPS) is 17.6. The molecule has 1 N–H and O–H groups in total. The van der Waals surface area contributed by atoms with E-state index in [1.165, 1.54) is 32.5 Å². The van der Waals surface area contributed by atoms with Crippen LogP contribution in [0.4, 0.5) is 5.82 Å². The van der Waals surface area contributed by atoms with Gasteiger partial charge in [-0.25, -0.2) is 9.97 Å². The Morgan fingerprint density at radius 1 is 1.30 bits per heavy atom. The zero-order chi connectivity index (χ0) is 14.5. The van der Waals surface area contributed by atoms with Gasteiger partial charge in [-0.2, -0.15) is 0 Å². The molecule has 1 aromatic rings. The van der Waals surface area contributed by atoms with E-state index in [4.69, 9.17) is 0 Å². The van der Waals surface area contributed by atoms with E-state index < -0.39 is 0 Å². The minimum Gasteiger partial charge on any atom is -0.370 e. The van der Waals surface area contributed by atoms with Crippen LogP contribution in [0, 0.1) is 12.8 Å². The van der Waals surface area contributed by atoms with Gasteiger partial charge in [-0.05, 0) is 45.3 Å². The lowest BCUT2D eigenvalue weighted by Crippen LogP contribution is -2.35. The summed E-state index contributed by atoms with van der Waals surface area (Å²) in [5, 5.41) is 3.51. The number of aromatic nitrogens is 2. The molecule has 0 aromatic carbocycles. The van der Waals surface area contributed by atoms with Crippen molar-refractivity contribution in [2.75, 3.05) is 31.5 Å². The summed E-state index contributed by atoms with van der Waals surface area (Å²) in [5.41, 5.74) is 1.05. The van der Waals surface area contributed by atoms with Gasteiger partial charge in [-0.1, -0.05) is 20.8 Å². The molecule has 2 rings (SSSR count). The maximum atomic E-state index is 4.62. The smallest absolute Gasteiger partial charge is 0.133 e. The van der Waals surface area contributed by atoms with E-state index in [9.17, 15) is 0 Å². The summed E-state index contributed by atoms with van der Waals surface area (Å²) in [6.07, 6.45) is 2.59. The third-order valence-corrected chi connectivity index (χ3v) is 4.11. The minimum atomic E-state index is 0.378. The fraction of sp³-hybridized carbons (Fsp3) is 0.750. The van der Waals surface area contributed by atoms with E-state index in [1.54, 1.807) is 0 Å². The molecule has 20 heavy (non-hydrogen) atoms. The summed E-state index contributed by atoms with van der Waals surface area (Å²) >= 11 is 0. The fourth-order valence-electron chi connectivity index (χ4n) is 2.70. The highest BCUT2D eigenvalue weighted by molar-refractivity contribution is 5.36. The van der Waals surface area contributed by atoms with Gasteiger partial charge in [0, 0.05) is 24.2 Å². The van der Waals surface area contributed by atoms with Crippen molar-refractivity contribution < 1.29 is 0 Å². The fourth-order valence-corrected chi connectivity index (χ4v) is 2.70. The van der Waals surface area contributed by atoms with Gasteiger partial charge in [-0.3, -0.25) is 0 Å². The molecule has 4 nitrogen and oxygen atoms in total. The first kappa shape index (κ1) is 15.2. The summed E-state index contributed by atoms with van der Waals surface area (Å²) in [7, 11) is 0. The minimum absolute atomic E-state index is 0.378. The van der Waals surface area contributed by atoms with Gasteiger partial charge in [0.25, 0.3) is 0 Å². The Morgan fingerprint density at radius 2 is 2.00 bits per heavy atom. The molecule has 1 fully saturated rings. The van der Waals surface area contributed by atoms with Gasteiger partial charge >= 0.3 is 0 Å². The van der Waals surface area contributed by atoms with Crippen molar-refractivity contribution in [3.63, 3.8) is 0 Å².